The van der Waals surface area contributed by atoms with E-state index in [2.05, 4.69) is 31.0 Å². The van der Waals surface area contributed by atoms with E-state index in [9.17, 15) is 5.11 Å². The Morgan fingerprint density at radius 3 is 2.50 bits per heavy atom. The molecule has 1 aliphatic heterocycles. The van der Waals surface area contributed by atoms with Crippen LogP contribution >= 0.6 is 0 Å². The molecule has 1 heterocycles. The molecule has 0 aliphatic carbocycles. The van der Waals surface area contributed by atoms with Crippen LogP contribution in [0.2, 0.25) is 0 Å². The lowest BCUT2D eigenvalue weighted by Crippen LogP contribution is -2.51. The molecule has 0 radical (unpaired) electrons. The van der Waals surface area contributed by atoms with E-state index in [4.69, 9.17) is 0 Å². The fourth-order valence-corrected chi connectivity index (χ4v) is 2.08. The Labute approximate surface area is 87.5 Å². The van der Waals surface area contributed by atoms with Gasteiger partial charge in [0.25, 0.3) is 0 Å². The maximum atomic E-state index is 10.1. The van der Waals surface area contributed by atoms with Gasteiger partial charge in [-0.3, -0.25) is 4.90 Å². The van der Waals surface area contributed by atoms with Gasteiger partial charge in [-0.2, -0.15) is 0 Å². The van der Waals surface area contributed by atoms with Crippen LogP contribution in [0, 0.1) is 0 Å². The van der Waals surface area contributed by atoms with Crippen molar-refractivity contribution in [2.24, 2.45) is 0 Å². The Morgan fingerprint density at radius 1 is 1.29 bits per heavy atom. The Balaban J connectivity index is 2.72. The summed E-state index contributed by atoms with van der Waals surface area (Å²) < 4.78 is 0. The molecule has 0 bridgehead atoms. The molecule has 0 amide bonds. The fourth-order valence-electron chi connectivity index (χ4n) is 2.08. The number of hydrogen-bond acceptors (Lipinski definition) is 3. The van der Waals surface area contributed by atoms with Crippen LogP contribution in [-0.4, -0.2) is 47.3 Å². The van der Waals surface area contributed by atoms with E-state index in [-0.39, 0.29) is 5.54 Å². The predicted octanol–water partition coefficient (Wildman–Crippen LogP) is 0.831. The van der Waals surface area contributed by atoms with E-state index in [1.165, 1.54) is 0 Å². The third-order valence-electron chi connectivity index (χ3n) is 2.94. The summed E-state index contributed by atoms with van der Waals surface area (Å²) in [5.41, 5.74) is -0.445. The van der Waals surface area contributed by atoms with Crippen LogP contribution in [0.4, 0.5) is 0 Å². The van der Waals surface area contributed by atoms with Crippen molar-refractivity contribution >= 4 is 0 Å². The van der Waals surface area contributed by atoms with Crippen LogP contribution in [0.5, 0.6) is 0 Å². The van der Waals surface area contributed by atoms with Crippen LogP contribution < -0.4 is 5.32 Å². The van der Waals surface area contributed by atoms with E-state index < -0.39 is 5.60 Å². The topological polar surface area (TPSA) is 35.5 Å². The molecule has 0 aromatic carbocycles. The van der Waals surface area contributed by atoms with Crippen molar-refractivity contribution in [3.8, 4) is 0 Å². The molecule has 1 saturated heterocycles. The molecule has 2 N–H and O–H groups in total. The highest BCUT2D eigenvalue weighted by atomic mass is 16.3. The molecule has 0 spiro atoms. The number of hydrogen-bond donors (Lipinski definition) is 2. The van der Waals surface area contributed by atoms with Crippen molar-refractivity contribution in [2.75, 3.05) is 26.2 Å². The van der Waals surface area contributed by atoms with Crippen LogP contribution in [0.3, 0.4) is 0 Å². The van der Waals surface area contributed by atoms with Crippen LogP contribution in [0.1, 0.15) is 34.1 Å². The molecule has 1 fully saturated rings. The second kappa shape index (κ2) is 4.17. The van der Waals surface area contributed by atoms with E-state index in [0.717, 1.165) is 26.1 Å². The average Bonchev–Trinajstić information content (AvgIpc) is 2.10. The standard InChI is InChI=1S/C11H24N2O/c1-5-6-13-9-11(4,14)8-12-7-10(13,2)3/h12,14H,5-9H2,1-4H3. The molecule has 0 aromatic rings. The van der Waals surface area contributed by atoms with Gasteiger partial charge in [0.15, 0.2) is 0 Å². The lowest BCUT2D eigenvalue weighted by molar-refractivity contribution is 0.0102. The van der Waals surface area contributed by atoms with Gasteiger partial charge < -0.3 is 10.4 Å². The fraction of sp³-hybridized carbons (Fsp3) is 1.00. The normalized spacial score (nSPS) is 34.1. The summed E-state index contributed by atoms with van der Waals surface area (Å²) in [7, 11) is 0. The van der Waals surface area contributed by atoms with E-state index >= 15 is 0 Å². The third-order valence-corrected chi connectivity index (χ3v) is 2.94. The first-order valence-corrected chi connectivity index (χ1v) is 5.55. The molecular formula is C11H24N2O. The van der Waals surface area contributed by atoms with Crippen LogP contribution in [-0.2, 0) is 0 Å². The molecule has 0 saturated carbocycles. The second-order valence-electron chi connectivity index (χ2n) is 5.33. The van der Waals surface area contributed by atoms with E-state index in [1.807, 2.05) is 6.92 Å². The van der Waals surface area contributed by atoms with Crippen molar-refractivity contribution in [1.29, 1.82) is 0 Å². The monoisotopic (exact) mass is 200 g/mol. The largest absolute Gasteiger partial charge is 0.388 e. The molecule has 1 atom stereocenters. The summed E-state index contributed by atoms with van der Waals surface area (Å²) >= 11 is 0. The smallest absolute Gasteiger partial charge is 0.0869 e. The quantitative estimate of drug-likeness (QED) is 0.693. The number of rotatable bonds is 2. The van der Waals surface area contributed by atoms with Crippen molar-refractivity contribution in [3.05, 3.63) is 0 Å². The minimum atomic E-state index is -0.594. The zero-order chi connectivity index (χ0) is 10.8. The predicted molar refractivity (Wildman–Crippen MR) is 59.4 cm³/mol. The van der Waals surface area contributed by atoms with Gasteiger partial charge in [0.2, 0.25) is 0 Å². The van der Waals surface area contributed by atoms with Crippen molar-refractivity contribution in [3.63, 3.8) is 0 Å². The number of aliphatic hydroxyl groups is 1. The first-order chi connectivity index (χ1) is 6.37. The highest BCUT2D eigenvalue weighted by Gasteiger charge is 2.35. The summed E-state index contributed by atoms with van der Waals surface area (Å²) in [5, 5.41) is 13.4. The summed E-state index contributed by atoms with van der Waals surface area (Å²) in [4.78, 5) is 2.38. The molecule has 3 nitrogen and oxygen atoms in total. The molecule has 1 unspecified atom stereocenters. The van der Waals surface area contributed by atoms with Crippen molar-refractivity contribution in [1.82, 2.24) is 10.2 Å². The van der Waals surface area contributed by atoms with Crippen molar-refractivity contribution in [2.45, 2.75) is 45.3 Å². The van der Waals surface area contributed by atoms with Crippen LogP contribution in [0.15, 0.2) is 0 Å². The zero-order valence-electron chi connectivity index (χ0n) is 9.93. The van der Waals surface area contributed by atoms with Gasteiger partial charge in [0.05, 0.1) is 5.60 Å². The van der Waals surface area contributed by atoms with Gasteiger partial charge in [-0.1, -0.05) is 6.92 Å². The lowest BCUT2D eigenvalue weighted by atomic mass is 10.0. The van der Waals surface area contributed by atoms with Gasteiger partial charge in [-0.15, -0.1) is 0 Å². The lowest BCUT2D eigenvalue weighted by Gasteiger charge is -2.38. The second-order valence-corrected chi connectivity index (χ2v) is 5.33. The van der Waals surface area contributed by atoms with Gasteiger partial charge in [0, 0.05) is 25.2 Å². The Bertz CT molecular complexity index is 190. The number of nitrogens with one attached hydrogen (secondary N) is 1. The number of β-amino-alcohol motifs (C(OH)–C–C–N with tert-alkyl or cyclic N) is 1. The van der Waals surface area contributed by atoms with Gasteiger partial charge in [-0.05, 0) is 33.7 Å². The summed E-state index contributed by atoms with van der Waals surface area (Å²) in [5.74, 6) is 0. The Morgan fingerprint density at radius 2 is 1.93 bits per heavy atom. The molecule has 1 rings (SSSR count). The minimum Gasteiger partial charge on any atom is -0.388 e. The molecule has 84 valence electrons. The first kappa shape index (κ1) is 12.0. The molecule has 1 aliphatic rings. The molecular weight excluding hydrogens is 176 g/mol. The average molecular weight is 200 g/mol. The highest BCUT2D eigenvalue weighted by Crippen LogP contribution is 2.20. The Kier molecular flexibility index (Phi) is 3.56. The summed E-state index contributed by atoms with van der Waals surface area (Å²) in [6.45, 7) is 12.0. The van der Waals surface area contributed by atoms with E-state index in [0.29, 0.717) is 6.54 Å². The molecule has 3 heteroatoms. The van der Waals surface area contributed by atoms with E-state index in [1.54, 1.807) is 0 Å². The third kappa shape index (κ3) is 2.94. The summed E-state index contributed by atoms with van der Waals surface area (Å²) in [6.07, 6.45) is 1.14. The maximum absolute atomic E-state index is 10.1. The molecule has 14 heavy (non-hydrogen) atoms. The van der Waals surface area contributed by atoms with Gasteiger partial charge >= 0.3 is 0 Å². The summed E-state index contributed by atoms with van der Waals surface area (Å²) in [6, 6.07) is 0. The van der Waals surface area contributed by atoms with Crippen LogP contribution in [0.25, 0.3) is 0 Å². The SMILES string of the molecule is CCCN1CC(C)(O)CNCC1(C)C. The van der Waals surface area contributed by atoms with Gasteiger partial charge in [-0.25, -0.2) is 0 Å². The minimum absolute atomic E-state index is 0.149. The Hall–Kier alpha value is -0.120. The first-order valence-electron chi connectivity index (χ1n) is 5.55. The highest BCUT2D eigenvalue weighted by molar-refractivity contribution is 4.93. The maximum Gasteiger partial charge on any atom is 0.0869 e. The van der Waals surface area contributed by atoms with Crippen molar-refractivity contribution < 1.29 is 5.11 Å². The number of nitrogens with zero attached hydrogens (tertiary/aromatic N) is 1. The van der Waals surface area contributed by atoms with Gasteiger partial charge in [0.1, 0.15) is 0 Å². The molecule has 0 aromatic heterocycles. The zero-order valence-corrected chi connectivity index (χ0v) is 9.93.